The monoisotopic (exact) mass is 527 g/mol. The molecule has 7 nitrogen and oxygen atoms in total. The Morgan fingerprint density at radius 1 is 0.923 bits per heavy atom. The van der Waals surface area contributed by atoms with Crippen molar-refractivity contribution in [1.29, 1.82) is 0 Å². The predicted molar refractivity (Wildman–Crippen MR) is 148 cm³/mol. The number of likely N-dealkylation sites (tertiary alicyclic amines) is 1. The molecule has 1 heterocycles. The van der Waals surface area contributed by atoms with Crippen LogP contribution in [0.2, 0.25) is 0 Å². The number of ether oxygens (including phenoxy) is 2. The van der Waals surface area contributed by atoms with E-state index in [1.54, 1.807) is 48.5 Å². The van der Waals surface area contributed by atoms with Gasteiger partial charge in [0.25, 0.3) is 11.7 Å². The summed E-state index contributed by atoms with van der Waals surface area (Å²) in [7, 11) is 1.31. The van der Waals surface area contributed by atoms with Crippen LogP contribution >= 0.6 is 0 Å². The molecule has 0 bridgehead atoms. The Morgan fingerprint density at radius 3 is 2.23 bits per heavy atom. The third kappa shape index (κ3) is 6.03. The van der Waals surface area contributed by atoms with Crippen LogP contribution in [0.5, 0.6) is 5.75 Å². The summed E-state index contributed by atoms with van der Waals surface area (Å²) in [5, 5.41) is 11.4. The summed E-state index contributed by atoms with van der Waals surface area (Å²) in [6.07, 6.45) is 3.16. The minimum absolute atomic E-state index is 0.0390. The number of nitrogens with zero attached hydrogens (tertiary/aromatic N) is 1. The fourth-order valence-electron chi connectivity index (χ4n) is 4.73. The lowest BCUT2D eigenvalue weighted by Crippen LogP contribution is -2.29. The molecular weight excluding hydrogens is 494 g/mol. The molecule has 1 fully saturated rings. The average Bonchev–Trinajstić information content (AvgIpc) is 3.20. The predicted octanol–water partition coefficient (Wildman–Crippen LogP) is 5.97. The van der Waals surface area contributed by atoms with E-state index < -0.39 is 23.7 Å². The number of carbonyl (C=O) groups is 3. The SMILES string of the molecule is CCCCCOc1ccc(/C(O)=C2\C(=O)C(=O)N(Cc3ccc(C(=O)OC)cc3)C2c2ccccc2C)cc1. The fraction of sp³-hybridized carbons (Fsp3) is 0.281. The summed E-state index contributed by atoms with van der Waals surface area (Å²) in [5.41, 5.74) is 3.22. The van der Waals surface area contributed by atoms with Gasteiger partial charge in [0.2, 0.25) is 0 Å². The molecule has 1 unspecified atom stereocenters. The van der Waals surface area contributed by atoms with Gasteiger partial charge >= 0.3 is 5.97 Å². The zero-order valence-electron chi connectivity index (χ0n) is 22.5. The van der Waals surface area contributed by atoms with Gasteiger partial charge in [0, 0.05) is 12.1 Å². The van der Waals surface area contributed by atoms with Gasteiger partial charge in [-0.2, -0.15) is 0 Å². The van der Waals surface area contributed by atoms with Gasteiger partial charge in [0.1, 0.15) is 11.5 Å². The molecule has 4 rings (SSSR count). The van der Waals surface area contributed by atoms with Crippen molar-refractivity contribution in [2.24, 2.45) is 0 Å². The highest BCUT2D eigenvalue weighted by atomic mass is 16.5. The number of Topliss-reactive ketones (excluding diaryl/α,β-unsaturated/α-hetero) is 1. The Hall–Kier alpha value is -4.39. The Morgan fingerprint density at radius 2 is 1.59 bits per heavy atom. The van der Waals surface area contributed by atoms with Crippen LogP contribution in [0, 0.1) is 6.92 Å². The summed E-state index contributed by atoms with van der Waals surface area (Å²) in [5.74, 6) is -1.46. The van der Waals surface area contributed by atoms with Crippen molar-refractivity contribution in [3.63, 3.8) is 0 Å². The van der Waals surface area contributed by atoms with Crippen LogP contribution in [0.1, 0.15) is 64.8 Å². The van der Waals surface area contributed by atoms with E-state index in [4.69, 9.17) is 9.47 Å². The number of hydrogen-bond donors (Lipinski definition) is 1. The number of aliphatic hydroxyl groups is 1. The van der Waals surface area contributed by atoms with Gasteiger partial charge in [-0.3, -0.25) is 9.59 Å². The summed E-state index contributed by atoms with van der Waals surface area (Å²) < 4.78 is 10.5. The molecule has 1 aliphatic heterocycles. The van der Waals surface area contributed by atoms with Gasteiger partial charge in [-0.15, -0.1) is 0 Å². The first-order valence-corrected chi connectivity index (χ1v) is 13.1. The zero-order valence-corrected chi connectivity index (χ0v) is 22.5. The van der Waals surface area contributed by atoms with Gasteiger partial charge < -0.3 is 19.5 Å². The molecule has 1 N–H and O–H groups in total. The van der Waals surface area contributed by atoms with Gasteiger partial charge in [-0.1, -0.05) is 56.2 Å². The van der Waals surface area contributed by atoms with E-state index in [1.807, 2.05) is 31.2 Å². The maximum absolute atomic E-state index is 13.4. The Balaban J connectivity index is 1.70. The molecular formula is C32H33NO6. The topological polar surface area (TPSA) is 93.1 Å². The number of aryl methyl sites for hydroxylation is 1. The fourth-order valence-corrected chi connectivity index (χ4v) is 4.73. The summed E-state index contributed by atoms with van der Waals surface area (Å²) >= 11 is 0. The van der Waals surface area contributed by atoms with E-state index in [0.29, 0.717) is 23.5 Å². The van der Waals surface area contributed by atoms with Crippen LogP contribution in [0.4, 0.5) is 0 Å². The minimum atomic E-state index is -0.781. The first-order valence-electron chi connectivity index (χ1n) is 13.1. The van der Waals surface area contributed by atoms with Crippen molar-refractivity contribution < 1.29 is 29.0 Å². The third-order valence-corrected chi connectivity index (χ3v) is 6.90. The van der Waals surface area contributed by atoms with Crippen LogP contribution in [0.3, 0.4) is 0 Å². The lowest BCUT2D eigenvalue weighted by molar-refractivity contribution is -0.140. The molecule has 0 saturated carbocycles. The maximum Gasteiger partial charge on any atom is 0.337 e. The van der Waals surface area contributed by atoms with Crippen molar-refractivity contribution in [3.05, 3.63) is 106 Å². The maximum atomic E-state index is 13.4. The van der Waals surface area contributed by atoms with E-state index >= 15 is 0 Å². The number of rotatable bonds is 10. The minimum Gasteiger partial charge on any atom is -0.507 e. The van der Waals surface area contributed by atoms with E-state index in [1.165, 1.54) is 12.0 Å². The second-order valence-corrected chi connectivity index (χ2v) is 9.55. The van der Waals surface area contributed by atoms with E-state index in [2.05, 4.69) is 6.92 Å². The zero-order chi connectivity index (χ0) is 27.9. The highest BCUT2D eigenvalue weighted by Crippen LogP contribution is 2.41. The van der Waals surface area contributed by atoms with Crippen LogP contribution < -0.4 is 4.74 Å². The highest BCUT2D eigenvalue weighted by molar-refractivity contribution is 6.46. The third-order valence-electron chi connectivity index (χ3n) is 6.90. The molecule has 3 aromatic carbocycles. The molecule has 0 spiro atoms. The van der Waals surface area contributed by atoms with Gasteiger partial charge in [0.15, 0.2) is 0 Å². The number of hydrogen-bond acceptors (Lipinski definition) is 6. The number of methoxy groups -OCH3 is 1. The van der Waals surface area contributed by atoms with Gasteiger partial charge in [-0.05, 0) is 66.4 Å². The number of unbranched alkanes of at least 4 members (excludes halogenated alkanes) is 2. The molecule has 7 heteroatoms. The molecule has 1 amide bonds. The molecule has 1 aliphatic rings. The molecule has 202 valence electrons. The normalized spacial score (nSPS) is 16.4. The van der Waals surface area contributed by atoms with Gasteiger partial charge in [0.05, 0.1) is 30.9 Å². The van der Waals surface area contributed by atoms with E-state index in [-0.39, 0.29) is 17.9 Å². The lowest BCUT2D eigenvalue weighted by Gasteiger charge is -2.26. The second kappa shape index (κ2) is 12.4. The Labute approximate surface area is 228 Å². The van der Waals surface area contributed by atoms with Crippen LogP contribution in [0.25, 0.3) is 5.76 Å². The van der Waals surface area contributed by atoms with E-state index in [0.717, 1.165) is 36.0 Å². The average molecular weight is 528 g/mol. The molecule has 1 atom stereocenters. The summed E-state index contributed by atoms with van der Waals surface area (Å²) in [6, 6.07) is 20.3. The molecule has 3 aromatic rings. The number of benzene rings is 3. The highest BCUT2D eigenvalue weighted by Gasteiger charge is 2.46. The molecule has 0 aromatic heterocycles. The van der Waals surface area contributed by atoms with E-state index in [9.17, 15) is 19.5 Å². The Bertz CT molecular complexity index is 1370. The van der Waals surface area contributed by atoms with Crippen LogP contribution in [-0.4, -0.2) is 41.4 Å². The largest absolute Gasteiger partial charge is 0.507 e. The van der Waals surface area contributed by atoms with Crippen molar-refractivity contribution in [3.8, 4) is 5.75 Å². The Kier molecular flexibility index (Phi) is 8.81. The first-order chi connectivity index (χ1) is 18.8. The standard InChI is InChI=1S/C32H33NO6/c1-4-5-8-19-39-25-17-15-23(16-18-25)29(34)27-28(26-10-7-6-9-21(26)2)33(31(36)30(27)35)20-22-11-13-24(14-12-22)32(37)38-3/h6-7,9-18,28,34H,4-5,8,19-20H2,1-3H3/b29-27+. The van der Waals surface area contributed by atoms with Crippen molar-refractivity contribution in [2.45, 2.75) is 45.7 Å². The lowest BCUT2D eigenvalue weighted by atomic mass is 9.92. The number of esters is 1. The van der Waals surface area contributed by atoms with Gasteiger partial charge in [-0.25, -0.2) is 4.79 Å². The number of carbonyl (C=O) groups excluding carboxylic acids is 3. The molecule has 0 radical (unpaired) electrons. The first kappa shape index (κ1) is 27.6. The smallest absolute Gasteiger partial charge is 0.337 e. The molecule has 39 heavy (non-hydrogen) atoms. The number of aliphatic hydroxyl groups excluding tert-OH is 1. The van der Waals surface area contributed by atoms with Crippen LogP contribution in [-0.2, 0) is 20.9 Å². The quantitative estimate of drug-likeness (QED) is 0.115. The van der Waals surface area contributed by atoms with Crippen molar-refractivity contribution in [1.82, 2.24) is 4.90 Å². The van der Waals surface area contributed by atoms with Crippen molar-refractivity contribution in [2.75, 3.05) is 13.7 Å². The molecule has 1 saturated heterocycles. The number of ketones is 1. The second-order valence-electron chi connectivity index (χ2n) is 9.55. The van der Waals surface area contributed by atoms with Crippen LogP contribution in [0.15, 0.2) is 78.4 Å². The number of amides is 1. The van der Waals surface area contributed by atoms with Crippen molar-refractivity contribution >= 4 is 23.4 Å². The summed E-state index contributed by atoms with van der Waals surface area (Å²) in [6.45, 7) is 4.77. The summed E-state index contributed by atoms with van der Waals surface area (Å²) in [4.78, 5) is 40.0. The molecule has 0 aliphatic carbocycles.